The fourth-order valence-electron chi connectivity index (χ4n) is 8.12. The summed E-state index contributed by atoms with van der Waals surface area (Å²) in [6, 6.07) is 8.19. The van der Waals surface area contributed by atoms with Crippen LogP contribution in [0.5, 0.6) is 0 Å². The van der Waals surface area contributed by atoms with Gasteiger partial charge in [-0.1, -0.05) is 95.3 Å². The predicted molar refractivity (Wildman–Crippen MR) is 295 cm³/mol. The number of Topliss-reactive ketones (excluding diaryl/α,β-unsaturated/α-hetero) is 2. The standard InChI is InChI=1S/C22H25N5O3.C13H20N4O2.C7H4Cl3N3.C5H7N3.C3H3Cl3O2/c23-11-14(8-15-3-6-25-22(15)30)9-19(28)16(7-13-1-2-13)10-20(29)21-26-17-4-5-24-12-18(17)27-21;14-7-10(6-9-3-4-16-12(9)18)17-13(19)11(15)5-8-1-2-8;8-7(9,10)6-12-4-1-2-11-3-5(4)13-6;6-4-1-2-8-3-5(4)7;1-8-2(7)3(4,5)6/h4-5,12-16H,1-3,6-10H2,(H,25,30)(H,26,27);8-11H,1-6,15H2,(H,16,18)(H,17,19);1-3H,(H,12,13);1-3H,7H2,(H2,6,8);1H3/t14-,15+,16-;9-,10-,11-;;;/m10.../s1. The van der Waals surface area contributed by atoms with Crippen LogP contribution in [0.15, 0.2) is 55.4 Å². The van der Waals surface area contributed by atoms with Gasteiger partial charge in [0.05, 0.1) is 83.2 Å². The Bertz CT molecular complexity index is 2860. The number of nitrogens with zero attached hydrogens (tertiary/aromatic N) is 7. The van der Waals surface area contributed by atoms with Crippen molar-refractivity contribution in [3.05, 3.63) is 67.0 Å². The summed E-state index contributed by atoms with van der Waals surface area (Å²) in [4.78, 5) is 97.1. The second-order valence-corrected chi connectivity index (χ2v) is 23.5. The monoisotopic (exact) mass is 1190 g/mol. The highest BCUT2D eigenvalue weighted by Crippen LogP contribution is 2.39. The molecular weight excluding hydrogens is 1140 g/mol. The minimum Gasteiger partial charge on any atom is -0.466 e. The summed E-state index contributed by atoms with van der Waals surface area (Å²) in [5, 5.41) is 26.7. The van der Waals surface area contributed by atoms with E-state index in [9.17, 15) is 34.0 Å². The number of ether oxygens (including phenoxy) is 1. The Balaban J connectivity index is 0.000000199. The number of esters is 1. The van der Waals surface area contributed by atoms with Crippen LogP contribution in [0.4, 0.5) is 11.4 Å². The molecule has 2 aliphatic heterocycles. The van der Waals surface area contributed by atoms with E-state index in [1.54, 1.807) is 49.2 Å². The number of carbonyl (C=O) groups is 6. The number of aromatic nitrogens is 7. The molecular formula is C50H59Cl6N15O7. The van der Waals surface area contributed by atoms with Crippen LogP contribution < -0.4 is 33.2 Å². The number of anilines is 2. The Morgan fingerprint density at radius 2 is 1.28 bits per heavy atom. The van der Waals surface area contributed by atoms with Gasteiger partial charge in [0.2, 0.25) is 21.5 Å². The van der Waals surface area contributed by atoms with E-state index < -0.39 is 37.5 Å². The SMILES string of the molecule is COC(=O)C(Cl)(Cl)Cl.ClC(Cl)(Cl)c1nc2ccncc2[nH]1.N#C[C@@H](CC(=O)[C@@H](CC(=O)c1nc2ccncc2[nH]1)CC1CC1)C[C@@H]1CCNC1=O.N#C[C@H](C[C@@H]1CCNC1=O)NC(=O)[C@@H](N)CC1CC1.Nc1ccncc1N. The molecule has 4 aliphatic rings. The number of amides is 3. The lowest BCUT2D eigenvalue weighted by Crippen LogP contribution is -2.46. The minimum atomic E-state index is -1.94. The van der Waals surface area contributed by atoms with Gasteiger partial charge in [0.1, 0.15) is 11.8 Å². The number of H-pyrrole nitrogens is 2. The van der Waals surface area contributed by atoms with Gasteiger partial charge >= 0.3 is 5.97 Å². The number of nitrogens with one attached hydrogen (secondary N) is 5. The molecule has 2 saturated carbocycles. The third-order valence-corrected chi connectivity index (χ3v) is 13.7. The van der Waals surface area contributed by atoms with Crippen LogP contribution >= 0.6 is 69.6 Å². The number of nitrogens with two attached hydrogens (primary N) is 3. The van der Waals surface area contributed by atoms with Crippen LogP contribution in [-0.4, -0.2) is 106 Å². The first-order valence-corrected chi connectivity index (χ1v) is 27.0. The highest BCUT2D eigenvalue weighted by Gasteiger charge is 2.36. The van der Waals surface area contributed by atoms with Crippen molar-refractivity contribution in [3.63, 3.8) is 0 Å². The fourth-order valence-corrected chi connectivity index (χ4v) is 8.62. The van der Waals surface area contributed by atoms with Gasteiger partial charge in [0.15, 0.2) is 17.4 Å². The molecule has 3 amide bonds. The number of rotatable bonds is 16. The lowest BCUT2D eigenvalue weighted by Gasteiger charge is -2.17. The third-order valence-electron chi connectivity index (χ3n) is 12.7. The molecule has 5 aromatic heterocycles. The van der Waals surface area contributed by atoms with Gasteiger partial charge in [-0.25, -0.2) is 14.8 Å². The van der Waals surface area contributed by atoms with Crippen LogP contribution in [0, 0.1) is 58.2 Å². The number of nitrogen functional groups attached to an aromatic ring is 2. The fraction of sp³-hybridized carbons (Fsp3) is 0.500. The minimum absolute atomic E-state index is 0.0308. The molecule has 78 heavy (non-hydrogen) atoms. The Kier molecular flexibility index (Phi) is 23.9. The maximum atomic E-state index is 13.0. The lowest BCUT2D eigenvalue weighted by atomic mass is 9.84. The smallest absolute Gasteiger partial charge is 0.358 e. The molecule has 0 unspecified atom stereocenters. The van der Waals surface area contributed by atoms with E-state index in [0.717, 1.165) is 50.2 Å². The van der Waals surface area contributed by atoms with Gasteiger partial charge in [-0.05, 0) is 68.6 Å². The topological polar surface area (TPSA) is 369 Å². The van der Waals surface area contributed by atoms with Crippen molar-refractivity contribution in [1.82, 2.24) is 50.8 Å². The average Bonchev–Trinajstić information content (AvgIpc) is 4.18. The summed E-state index contributed by atoms with van der Waals surface area (Å²) in [6.45, 7) is 1.28. The number of halogens is 6. The molecule has 0 spiro atoms. The summed E-state index contributed by atoms with van der Waals surface area (Å²) >= 11 is 32.1. The van der Waals surface area contributed by atoms with Gasteiger partial charge < -0.3 is 47.9 Å². The van der Waals surface area contributed by atoms with E-state index in [1.165, 1.54) is 6.20 Å². The number of imidazole rings is 2. The molecule has 0 radical (unpaired) electrons. The first-order chi connectivity index (χ1) is 37.0. The summed E-state index contributed by atoms with van der Waals surface area (Å²) in [5.74, 6) is -1.17. The number of aromatic amines is 2. The number of carbonyl (C=O) groups excluding carboxylic acids is 6. The van der Waals surface area contributed by atoms with Crippen LogP contribution in [-0.2, 0) is 32.5 Å². The molecule has 0 bridgehead atoms. The number of nitriles is 2. The van der Waals surface area contributed by atoms with Crippen molar-refractivity contribution in [2.45, 2.75) is 96.7 Å². The first-order valence-electron chi connectivity index (χ1n) is 24.7. The van der Waals surface area contributed by atoms with Gasteiger partial charge in [-0.3, -0.25) is 38.9 Å². The third kappa shape index (κ3) is 20.6. The Morgan fingerprint density at radius 3 is 1.73 bits per heavy atom. The van der Waals surface area contributed by atoms with E-state index in [4.69, 9.17) is 92.1 Å². The van der Waals surface area contributed by atoms with Crippen molar-refractivity contribution < 1.29 is 33.5 Å². The van der Waals surface area contributed by atoms with E-state index in [-0.39, 0.29) is 59.8 Å². The molecule has 6 atom stereocenters. The second kappa shape index (κ2) is 29.7. The summed E-state index contributed by atoms with van der Waals surface area (Å²) in [7, 11) is 1.14. The van der Waals surface area contributed by atoms with Crippen molar-refractivity contribution in [2.75, 3.05) is 31.7 Å². The average molecular weight is 1190 g/mol. The maximum Gasteiger partial charge on any atom is 0.358 e. The highest BCUT2D eigenvalue weighted by molar-refractivity contribution is 6.75. The van der Waals surface area contributed by atoms with Gasteiger partial charge in [-0.15, -0.1) is 0 Å². The molecule has 4 fully saturated rings. The molecule has 7 heterocycles. The van der Waals surface area contributed by atoms with E-state index in [0.29, 0.717) is 85.3 Å². The van der Waals surface area contributed by atoms with Gasteiger partial charge in [0.25, 0.3) is 3.79 Å². The zero-order chi connectivity index (χ0) is 57.2. The number of hydrogen-bond donors (Lipinski definition) is 8. The Morgan fingerprint density at radius 1 is 0.731 bits per heavy atom. The number of methoxy groups -OCH3 is 1. The largest absolute Gasteiger partial charge is 0.466 e. The predicted octanol–water partition coefficient (Wildman–Crippen LogP) is 6.78. The number of fused-ring (bicyclic) bond motifs is 2. The van der Waals surface area contributed by atoms with Crippen LogP contribution in [0.3, 0.4) is 0 Å². The van der Waals surface area contributed by atoms with Crippen LogP contribution in [0.25, 0.3) is 22.1 Å². The Hall–Kier alpha value is -6.11. The maximum absolute atomic E-state index is 13.0. The van der Waals surface area contributed by atoms with E-state index >= 15 is 0 Å². The van der Waals surface area contributed by atoms with Crippen molar-refractivity contribution in [1.29, 1.82) is 10.5 Å². The molecule has 418 valence electrons. The highest BCUT2D eigenvalue weighted by atomic mass is 35.6. The van der Waals surface area contributed by atoms with Crippen molar-refractivity contribution in [3.8, 4) is 12.1 Å². The van der Waals surface area contributed by atoms with Gasteiger partial charge in [-0.2, -0.15) is 10.5 Å². The molecule has 28 heteroatoms. The lowest BCUT2D eigenvalue weighted by molar-refractivity contribution is -0.139. The molecule has 2 saturated heterocycles. The first kappa shape index (κ1) is 62.7. The number of alkyl halides is 6. The molecule has 5 aromatic rings. The molecule has 11 N–H and O–H groups in total. The van der Waals surface area contributed by atoms with E-state index in [1.807, 2.05) is 6.07 Å². The van der Waals surface area contributed by atoms with Crippen molar-refractivity contribution >= 4 is 138 Å². The Labute approximate surface area is 479 Å². The number of pyridine rings is 3. The molecule has 0 aromatic carbocycles. The molecule has 2 aliphatic carbocycles. The van der Waals surface area contributed by atoms with Crippen LogP contribution in [0.1, 0.15) is 93.5 Å². The van der Waals surface area contributed by atoms with Crippen LogP contribution in [0.2, 0.25) is 0 Å². The van der Waals surface area contributed by atoms with E-state index in [2.05, 4.69) is 61.6 Å². The molecule has 9 rings (SSSR count). The summed E-state index contributed by atoms with van der Waals surface area (Å²) in [6.07, 6.45) is 17.8. The second-order valence-electron chi connectivity index (χ2n) is 18.9. The quantitative estimate of drug-likeness (QED) is 0.0286. The van der Waals surface area contributed by atoms with Gasteiger partial charge in [0, 0.05) is 62.3 Å². The summed E-state index contributed by atoms with van der Waals surface area (Å²) < 4.78 is 0.629. The number of hydrogen-bond acceptors (Lipinski definition) is 17. The zero-order valence-corrected chi connectivity index (χ0v) is 46.7. The molecule has 22 nitrogen and oxygen atoms in total. The zero-order valence-electron chi connectivity index (χ0n) is 42.2. The summed E-state index contributed by atoms with van der Waals surface area (Å²) in [5.41, 5.74) is 20.4. The number of ketones is 2. The van der Waals surface area contributed by atoms with Crippen molar-refractivity contribution in [2.24, 2.45) is 41.2 Å². The normalized spacial score (nSPS) is 18.1.